The van der Waals surface area contributed by atoms with Crippen LogP contribution >= 0.6 is 11.3 Å². The number of fused-ring (bicyclic) bond motifs is 1. The third-order valence-electron chi connectivity index (χ3n) is 5.13. The molecule has 0 spiro atoms. The predicted molar refractivity (Wildman–Crippen MR) is 86.4 cm³/mol. The lowest BCUT2D eigenvalue weighted by Crippen LogP contribution is -2.48. The van der Waals surface area contributed by atoms with Crippen molar-refractivity contribution in [2.24, 2.45) is 11.3 Å². The monoisotopic (exact) mass is 321 g/mol. The first kappa shape index (κ1) is 15.5. The minimum Gasteiger partial charge on any atom is -0.481 e. The summed E-state index contributed by atoms with van der Waals surface area (Å²) >= 11 is 1.69. The molecule has 2 unspecified atom stereocenters. The molecule has 1 aromatic heterocycles. The van der Waals surface area contributed by atoms with E-state index in [1.54, 1.807) is 23.2 Å². The van der Waals surface area contributed by atoms with Crippen molar-refractivity contribution in [1.82, 2.24) is 4.90 Å². The van der Waals surface area contributed by atoms with Crippen LogP contribution in [0.4, 0.5) is 0 Å². The largest absolute Gasteiger partial charge is 0.481 e. The summed E-state index contributed by atoms with van der Waals surface area (Å²) in [5, 5.41) is 11.4. The molecule has 0 saturated carbocycles. The number of aliphatic carboxylic acids is 1. The molecule has 4 nitrogen and oxygen atoms in total. The zero-order valence-corrected chi connectivity index (χ0v) is 14.0. The first-order valence-electron chi connectivity index (χ1n) is 8.02. The van der Waals surface area contributed by atoms with Gasteiger partial charge in [-0.2, -0.15) is 0 Å². The minimum absolute atomic E-state index is 0.0271. The Morgan fingerprint density at radius 1 is 1.45 bits per heavy atom. The molecular formula is C17H23NO3S. The van der Waals surface area contributed by atoms with E-state index in [-0.39, 0.29) is 5.91 Å². The molecule has 1 aliphatic carbocycles. The van der Waals surface area contributed by atoms with E-state index in [0.717, 1.165) is 31.2 Å². The number of piperidine rings is 1. The van der Waals surface area contributed by atoms with Gasteiger partial charge in [-0.15, -0.1) is 11.3 Å². The highest BCUT2D eigenvalue weighted by Crippen LogP contribution is 2.35. The van der Waals surface area contributed by atoms with Crippen LogP contribution < -0.4 is 0 Å². The maximum Gasteiger partial charge on any atom is 0.311 e. The molecule has 0 radical (unpaired) electrons. The Labute approximate surface area is 135 Å². The molecule has 0 bridgehead atoms. The van der Waals surface area contributed by atoms with E-state index in [0.29, 0.717) is 25.4 Å². The summed E-state index contributed by atoms with van der Waals surface area (Å²) in [6, 6.07) is 0. The van der Waals surface area contributed by atoms with Gasteiger partial charge in [0.2, 0.25) is 0 Å². The summed E-state index contributed by atoms with van der Waals surface area (Å²) < 4.78 is 0. The molecule has 1 N–H and O–H groups in total. The highest BCUT2D eigenvalue weighted by Gasteiger charge is 2.40. The van der Waals surface area contributed by atoms with E-state index in [2.05, 4.69) is 6.92 Å². The first-order valence-corrected chi connectivity index (χ1v) is 8.90. The van der Waals surface area contributed by atoms with Crippen molar-refractivity contribution in [1.29, 1.82) is 0 Å². The van der Waals surface area contributed by atoms with Crippen LogP contribution in [-0.4, -0.2) is 35.0 Å². The number of hydrogen-bond acceptors (Lipinski definition) is 3. The normalized spacial score (nSPS) is 28.3. The molecule has 3 rings (SSSR count). The zero-order valence-electron chi connectivity index (χ0n) is 13.2. The molecule has 1 aromatic rings. The average Bonchev–Trinajstić information content (AvgIpc) is 2.89. The lowest BCUT2D eigenvalue weighted by atomic mass is 9.81. The summed E-state index contributed by atoms with van der Waals surface area (Å²) in [5.41, 5.74) is 1.23. The van der Waals surface area contributed by atoms with Crippen LogP contribution in [0.3, 0.4) is 0 Å². The molecule has 22 heavy (non-hydrogen) atoms. The number of carboxylic acids is 1. The number of thiophene rings is 1. The van der Waals surface area contributed by atoms with Gasteiger partial charge in [0.05, 0.1) is 11.0 Å². The highest BCUT2D eigenvalue weighted by molar-refractivity contribution is 7.10. The van der Waals surface area contributed by atoms with Crippen molar-refractivity contribution >= 4 is 23.2 Å². The van der Waals surface area contributed by atoms with Crippen molar-refractivity contribution in [3.05, 3.63) is 21.4 Å². The minimum atomic E-state index is -0.807. The molecule has 2 atom stereocenters. The molecule has 5 heteroatoms. The van der Waals surface area contributed by atoms with E-state index in [1.807, 2.05) is 5.38 Å². The standard InChI is InChI=1S/C17H23NO3S/c1-11-4-5-12-13(9-22-14(12)8-11)15(19)18-7-3-6-17(2,10-18)16(20)21/h9,11H,3-8,10H2,1-2H3,(H,20,21). The Bertz CT molecular complexity index is 609. The number of nitrogens with zero attached hydrogens (tertiary/aromatic N) is 1. The van der Waals surface area contributed by atoms with Gasteiger partial charge in [-0.3, -0.25) is 9.59 Å². The van der Waals surface area contributed by atoms with E-state index in [9.17, 15) is 14.7 Å². The Hall–Kier alpha value is -1.36. The van der Waals surface area contributed by atoms with Crippen LogP contribution in [0.5, 0.6) is 0 Å². The van der Waals surface area contributed by atoms with Gasteiger partial charge in [-0.25, -0.2) is 0 Å². The molecule has 1 amide bonds. The quantitative estimate of drug-likeness (QED) is 0.910. The lowest BCUT2D eigenvalue weighted by Gasteiger charge is -2.37. The first-order chi connectivity index (χ1) is 10.4. The average molecular weight is 321 g/mol. The molecule has 1 saturated heterocycles. The van der Waals surface area contributed by atoms with Crippen LogP contribution in [-0.2, 0) is 17.6 Å². The smallest absolute Gasteiger partial charge is 0.311 e. The third kappa shape index (κ3) is 2.67. The van der Waals surface area contributed by atoms with Crippen molar-refractivity contribution < 1.29 is 14.7 Å². The van der Waals surface area contributed by atoms with E-state index < -0.39 is 11.4 Å². The second kappa shape index (κ2) is 5.69. The summed E-state index contributed by atoms with van der Waals surface area (Å²) in [4.78, 5) is 27.4. The fourth-order valence-corrected chi connectivity index (χ4v) is 4.85. The summed E-state index contributed by atoms with van der Waals surface area (Å²) in [5.74, 6) is -0.0789. The highest BCUT2D eigenvalue weighted by atomic mass is 32.1. The predicted octanol–water partition coefficient (Wildman–Crippen LogP) is 3.20. The van der Waals surface area contributed by atoms with Gasteiger partial charge in [-0.05, 0) is 50.5 Å². The fraction of sp³-hybridized carbons (Fsp3) is 0.647. The van der Waals surface area contributed by atoms with Gasteiger partial charge < -0.3 is 10.0 Å². The van der Waals surface area contributed by atoms with E-state index in [1.165, 1.54) is 10.4 Å². The molecule has 1 aliphatic heterocycles. The molecule has 2 heterocycles. The number of amides is 1. The van der Waals surface area contributed by atoms with Crippen LogP contribution in [0.15, 0.2) is 5.38 Å². The van der Waals surface area contributed by atoms with Crippen molar-refractivity contribution in [2.45, 2.75) is 46.0 Å². The van der Waals surface area contributed by atoms with E-state index in [4.69, 9.17) is 0 Å². The summed E-state index contributed by atoms with van der Waals surface area (Å²) in [6.45, 7) is 5.00. The lowest BCUT2D eigenvalue weighted by molar-refractivity contribution is -0.150. The SMILES string of the molecule is CC1CCc2c(C(=O)N3CCCC(C)(C(=O)O)C3)csc2C1. The van der Waals surface area contributed by atoms with Gasteiger partial charge in [-0.1, -0.05) is 6.92 Å². The molecule has 120 valence electrons. The number of carbonyl (C=O) groups is 2. The second-order valence-corrected chi connectivity index (χ2v) is 8.06. The molecular weight excluding hydrogens is 298 g/mol. The topological polar surface area (TPSA) is 57.6 Å². The Balaban J connectivity index is 1.81. The number of carboxylic acid groups (broad SMARTS) is 1. The van der Waals surface area contributed by atoms with Gasteiger partial charge >= 0.3 is 5.97 Å². The number of likely N-dealkylation sites (tertiary alicyclic amines) is 1. The van der Waals surface area contributed by atoms with Crippen molar-refractivity contribution in [3.8, 4) is 0 Å². The Morgan fingerprint density at radius 3 is 2.95 bits per heavy atom. The number of carbonyl (C=O) groups excluding carboxylic acids is 1. The van der Waals surface area contributed by atoms with Gasteiger partial charge in [0.25, 0.3) is 5.91 Å². The van der Waals surface area contributed by atoms with Crippen LogP contribution in [0, 0.1) is 11.3 Å². The molecule has 1 fully saturated rings. The summed E-state index contributed by atoms with van der Waals surface area (Å²) in [6.07, 6.45) is 4.59. The molecule has 0 aromatic carbocycles. The van der Waals surface area contributed by atoms with Crippen LogP contribution in [0.2, 0.25) is 0 Å². The van der Waals surface area contributed by atoms with Crippen molar-refractivity contribution in [2.75, 3.05) is 13.1 Å². The van der Waals surface area contributed by atoms with E-state index >= 15 is 0 Å². The number of rotatable bonds is 2. The summed E-state index contributed by atoms with van der Waals surface area (Å²) in [7, 11) is 0. The molecule has 2 aliphatic rings. The maximum absolute atomic E-state index is 12.9. The van der Waals surface area contributed by atoms with Crippen molar-refractivity contribution in [3.63, 3.8) is 0 Å². The second-order valence-electron chi connectivity index (χ2n) is 7.10. The fourth-order valence-electron chi connectivity index (χ4n) is 3.61. The number of hydrogen-bond donors (Lipinski definition) is 1. The maximum atomic E-state index is 12.9. The zero-order chi connectivity index (χ0) is 15.9. The Kier molecular flexibility index (Phi) is 4.02. The van der Waals surface area contributed by atoms with Gasteiger partial charge in [0, 0.05) is 23.3 Å². The van der Waals surface area contributed by atoms with Crippen LogP contribution in [0.1, 0.15) is 53.9 Å². The van der Waals surface area contributed by atoms with Gasteiger partial charge in [0.15, 0.2) is 0 Å². The third-order valence-corrected chi connectivity index (χ3v) is 6.18. The van der Waals surface area contributed by atoms with Gasteiger partial charge in [0.1, 0.15) is 0 Å². The van der Waals surface area contributed by atoms with Crippen LogP contribution in [0.25, 0.3) is 0 Å². The Morgan fingerprint density at radius 2 is 2.23 bits per heavy atom.